The number of hydrogen-bond donors (Lipinski definition) is 3. The molecule has 7 nitrogen and oxygen atoms in total. The van der Waals surface area contributed by atoms with E-state index in [9.17, 15) is 19.5 Å². The summed E-state index contributed by atoms with van der Waals surface area (Å²) < 4.78 is 0. The Kier molecular flexibility index (Phi) is 10.0. The van der Waals surface area contributed by atoms with Crippen LogP contribution in [-0.2, 0) is 20.8 Å². The van der Waals surface area contributed by atoms with Crippen LogP contribution in [0.4, 0.5) is 5.69 Å². The fourth-order valence-electron chi connectivity index (χ4n) is 4.44. The highest BCUT2D eigenvalue weighted by Gasteiger charge is 2.30. The minimum atomic E-state index is -0.287. The molecule has 0 bridgehead atoms. The number of fused-ring (bicyclic) bond motifs is 1. The van der Waals surface area contributed by atoms with Gasteiger partial charge in [0.05, 0.1) is 19.1 Å². The maximum Gasteiger partial charge on any atom is 0.227 e. The van der Waals surface area contributed by atoms with Crippen molar-refractivity contribution in [3.63, 3.8) is 0 Å². The molecule has 2 atom stereocenters. The normalized spacial score (nSPS) is 18.0. The van der Waals surface area contributed by atoms with Gasteiger partial charge >= 0.3 is 0 Å². The van der Waals surface area contributed by atoms with Crippen molar-refractivity contribution in [3.05, 3.63) is 77.9 Å². The molecule has 0 radical (unpaired) electrons. The number of carbonyl (C=O) groups excluding carboxylic acids is 3. The van der Waals surface area contributed by atoms with Crippen molar-refractivity contribution >= 4 is 23.4 Å². The number of rotatable bonds is 13. The van der Waals surface area contributed by atoms with Crippen molar-refractivity contribution in [2.24, 2.45) is 11.7 Å². The fourth-order valence-corrected chi connectivity index (χ4v) is 4.44. The Labute approximate surface area is 207 Å². The number of hydrogen-bond acceptors (Lipinski definition) is 4. The van der Waals surface area contributed by atoms with Crippen LogP contribution in [0.3, 0.4) is 0 Å². The van der Waals surface area contributed by atoms with Gasteiger partial charge in [-0.3, -0.25) is 14.4 Å². The van der Waals surface area contributed by atoms with E-state index in [1.165, 1.54) is 0 Å². The molecule has 3 amide bonds. The maximum atomic E-state index is 13.2. The number of nitrogens with zero attached hydrogens (tertiary/aromatic N) is 1. The summed E-state index contributed by atoms with van der Waals surface area (Å²) in [5.74, 6) is -0.308. The van der Waals surface area contributed by atoms with Gasteiger partial charge in [0.15, 0.2) is 0 Å². The molecule has 0 saturated carbocycles. The molecule has 2 unspecified atom stereocenters. The van der Waals surface area contributed by atoms with Crippen LogP contribution in [0.1, 0.15) is 44.1 Å². The second-order valence-corrected chi connectivity index (χ2v) is 8.93. The van der Waals surface area contributed by atoms with Gasteiger partial charge in [-0.05, 0) is 36.1 Å². The van der Waals surface area contributed by atoms with Crippen molar-refractivity contribution < 1.29 is 19.5 Å². The zero-order chi connectivity index (χ0) is 25.0. The minimum absolute atomic E-state index is 0.0500. The zero-order valence-electron chi connectivity index (χ0n) is 20.1. The Bertz CT molecular complexity index is 1010. The van der Waals surface area contributed by atoms with Crippen LogP contribution < -0.4 is 11.1 Å². The number of aliphatic hydroxyl groups excluding tert-OH is 1. The molecule has 1 aromatic carbocycles. The molecule has 7 heteroatoms. The Morgan fingerprint density at radius 3 is 2.40 bits per heavy atom. The summed E-state index contributed by atoms with van der Waals surface area (Å²) in [6.45, 7) is 0.170. The number of amides is 3. The lowest BCUT2D eigenvalue weighted by Gasteiger charge is -2.37. The van der Waals surface area contributed by atoms with Gasteiger partial charge in [0.1, 0.15) is 0 Å². The van der Waals surface area contributed by atoms with Crippen LogP contribution in [0.2, 0.25) is 0 Å². The predicted molar refractivity (Wildman–Crippen MR) is 137 cm³/mol. The molecule has 35 heavy (non-hydrogen) atoms. The van der Waals surface area contributed by atoms with Crippen LogP contribution in [0, 0.1) is 5.92 Å². The van der Waals surface area contributed by atoms with E-state index in [1.807, 2.05) is 36.4 Å². The minimum Gasteiger partial charge on any atom is -0.395 e. The smallest absolute Gasteiger partial charge is 0.227 e. The number of nitrogens with one attached hydrogen (secondary N) is 1. The van der Waals surface area contributed by atoms with Gasteiger partial charge in [-0.25, -0.2) is 0 Å². The number of allylic oxidation sites excluding steroid dienone is 5. The van der Waals surface area contributed by atoms with Gasteiger partial charge in [0.25, 0.3) is 0 Å². The molecule has 2 aliphatic rings. The first-order chi connectivity index (χ1) is 17.0. The Morgan fingerprint density at radius 2 is 1.69 bits per heavy atom. The van der Waals surface area contributed by atoms with Crippen molar-refractivity contribution in [2.75, 3.05) is 18.5 Å². The van der Waals surface area contributed by atoms with Gasteiger partial charge in [-0.1, -0.05) is 67.5 Å². The molecule has 0 saturated heterocycles. The van der Waals surface area contributed by atoms with E-state index in [2.05, 4.69) is 23.5 Å². The maximum absolute atomic E-state index is 13.2. The Balaban J connectivity index is 1.49. The summed E-state index contributed by atoms with van der Waals surface area (Å²) >= 11 is 0. The fraction of sp³-hybridized carbons (Fsp3) is 0.393. The number of benzene rings is 1. The van der Waals surface area contributed by atoms with E-state index >= 15 is 0 Å². The van der Waals surface area contributed by atoms with E-state index in [-0.39, 0.29) is 49.3 Å². The van der Waals surface area contributed by atoms with E-state index in [0.717, 1.165) is 36.8 Å². The molecule has 0 aromatic heterocycles. The van der Waals surface area contributed by atoms with E-state index < -0.39 is 0 Å². The molecule has 1 aromatic rings. The average molecular weight is 478 g/mol. The average Bonchev–Trinajstić information content (AvgIpc) is 2.85. The number of primary amides is 1. The standard InChI is InChI=1S/C28H35N3O4/c29-26(33)12-3-1-2-4-13-27(34)30-23-16-14-21(15-17-23)20-28(35)31(18-19-32)25-11-7-9-22-8-5-6-10-24(22)25/h5-11,14-17,24-25,32H,1-4,12-13,18-20H2,(H2,29,33)(H,30,34). The topological polar surface area (TPSA) is 113 Å². The van der Waals surface area contributed by atoms with Crippen molar-refractivity contribution in [2.45, 2.75) is 51.0 Å². The van der Waals surface area contributed by atoms with Crippen molar-refractivity contribution in [3.8, 4) is 0 Å². The van der Waals surface area contributed by atoms with Crippen molar-refractivity contribution in [1.82, 2.24) is 4.90 Å². The summed E-state index contributed by atoms with van der Waals surface area (Å²) in [5.41, 5.74) is 7.81. The molecule has 0 heterocycles. The summed E-state index contributed by atoms with van der Waals surface area (Å²) in [6, 6.07) is 7.17. The Morgan fingerprint density at radius 1 is 0.943 bits per heavy atom. The van der Waals surface area contributed by atoms with Gasteiger partial charge in [-0.2, -0.15) is 0 Å². The highest BCUT2D eigenvalue weighted by molar-refractivity contribution is 5.90. The molecule has 2 aliphatic carbocycles. The zero-order valence-corrected chi connectivity index (χ0v) is 20.1. The summed E-state index contributed by atoms with van der Waals surface area (Å²) in [5, 5.41) is 12.5. The second kappa shape index (κ2) is 13.4. The van der Waals surface area contributed by atoms with Crippen LogP contribution in [0.15, 0.2) is 72.4 Å². The third-order valence-corrected chi connectivity index (χ3v) is 6.26. The van der Waals surface area contributed by atoms with Gasteiger partial charge < -0.3 is 21.1 Å². The van der Waals surface area contributed by atoms with Crippen LogP contribution in [0.5, 0.6) is 0 Å². The lowest BCUT2D eigenvalue weighted by molar-refractivity contribution is -0.133. The Hall–Kier alpha value is -3.45. The molecular weight excluding hydrogens is 442 g/mol. The number of aliphatic hydroxyl groups is 1. The first kappa shape index (κ1) is 26.2. The number of carbonyl (C=O) groups is 3. The monoisotopic (exact) mass is 477 g/mol. The first-order valence-electron chi connectivity index (χ1n) is 12.3. The van der Waals surface area contributed by atoms with Gasteiger partial charge in [-0.15, -0.1) is 0 Å². The molecular formula is C28H35N3O4. The molecule has 4 N–H and O–H groups in total. The second-order valence-electron chi connectivity index (χ2n) is 8.93. The third kappa shape index (κ3) is 8.07. The van der Waals surface area contributed by atoms with Gasteiger partial charge in [0, 0.05) is 31.0 Å². The largest absolute Gasteiger partial charge is 0.395 e. The number of nitrogens with two attached hydrogens (primary N) is 1. The molecule has 3 rings (SSSR count). The van der Waals surface area contributed by atoms with Crippen molar-refractivity contribution in [1.29, 1.82) is 0 Å². The van der Waals surface area contributed by atoms with E-state index in [0.29, 0.717) is 18.5 Å². The highest BCUT2D eigenvalue weighted by atomic mass is 16.3. The molecule has 0 fully saturated rings. The molecule has 186 valence electrons. The SMILES string of the molecule is NC(=O)CCCCCCC(=O)Nc1ccc(CC(=O)N(CCO)C2C=CC=C3C=CC=CC32)cc1. The predicted octanol–water partition coefficient (Wildman–Crippen LogP) is 3.42. The highest BCUT2D eigenvalue weighted by Crippen LogP contribution is 2.30. The number of anilines is 1. The molecule has 0 aliphatic heterocycles. The third-order valence-electron chi connectivity index (χ3n) is 6.26. The van der Waals surface area contributed by atoms with E-state index in [1.54, 1.807) is 17.0 Å². The summed E-state index contributed by atoms with van der Waals surface area (Å²) in [7, 11) is 0. The van der Waals surface area contributed by atoms with Crippen LogP contribution in [0.25, 0.3) is 0 Å². The van der Waals surface area contributed by atoms with Crippen LogP contribution >= 0.6 is 0 Å². The lowest BCUT2D eigenvalue weighted by Crippen LogP contribution is -2.46. The lowest BCUT2D eigenvalue weighted by atomic mass is 9.83. The van der Waals surface area contributed by atoms with Crippen LogP contribution in [-0.4, -0.2) is 46.9 Å². The molecule has 0 spiro atoms. The number of unbranched alkanes of at least 4 members (excludes halogenated alkanes) is 3. The quantitative estimate of drug-likeness (QED) is 0.378. The van der Waals surface area contributed by atoms with Gasteiger partial charge in [0.2, 0.25) is 17.7 Å². The van der Waals surface area contributed by atoms with E-state index in [4.69, 9.17) is 5.73 Å². The summed E-state index contributed by atoms with van der Waals surface area (Å²) in [4.78, 5) is 37.8. The summed E-state index contributed by atoms with van der Waals surface area (Å²) in [6.07, 6.45) is 18.5. The first-order valence-corrected chi connectivity index (χ1v) is 12.3.